The number of carboxylic acids is 1. The van der Waals surface area contributed by atoms with Gasteiger partial charge in [0, 0.05) is 25.7 Å². The Morgan fingerprint density at radius 3 is 2.59 bits per heavy atom. The topological polar surface area (TPSA) is 75.6 Å². The molecular weight excluding hydrogens is 222 g/mol. The molecule has 1 fully saturated rings. The second kappa shape index (κ2) is 6.59. The summed E-state index contributed by atoms with van der Waals surface area (Å²) >= 11 is 0. The van der Waals surface area contributed by atoms with E-state index < -0.39 is 5.97 Å². The SMILES string of the molecule is COCCC(C)NC(=O)[C@@H]1CC[C@H](C(=O)O)C1. The van der Waals surface area contributed by atoms with Crippen LogP contribution in [-0.2, 0) is 14.3 Å². The fourth-order valence-electron chi connectivity index (χ4n) is 2.17. The third kappa shape index (κ3) is 4.34. The molecule has 1 aliphatic rings. The Morgan fingerprint density at radius 2 is 2.06 bits per heavy atom. The highest BCUT2D eigenvalue weighted by Gasteiger charge is 2.33. The normalized spacial score (nSPS) is 25.5. The third-order valence-electron chi connectivity index (χ3n) is 3.30. The Kier molecular flexibility index (Phi) is 5.41. The van der Waals surface area contributed by atoms with Gasteiger partial charge in [0.1, 0.15) is 0 Å². The van der Waals surface area contributed by atoms with Gasteiger partial charge in [-0.05, 0) is 32.6 Å². The van der Waals surface area contributed by atoms with Crippen molar-refractivity contribution in [3.63, 3.8) is 0 Å². The molecule has 0 saturated heterocycles. The summed E-state index contributed by atoms with van der Waals surface area (Å²) in [7, 11) is 1.63. The zero-order valence-corrected chi connectivity index (χ0v) is 10.4. The van der Waals surface area contributed by atoms with Crippen LogP contribution in [0, 0.1) is 11.8 Å². The van der Waals surface area contributed by atoms with Crippen molar-refractivity contribution in [1.29, 1.82) is 0 Å². The number of hydrogen-bond donors (Lipinski definition) is 2. The Morgan fingerprint density at radius 1 is 1.41 bits per heavy atom. The van der Waals surface area contributed by atoms with Crippen LogP contribution in [0.3, 0.4) is 0 Å². The molecule has 2 N–H and O–H groups in total. The van der Waals surface area contributed by atoms with Crippen LogP contribution in [0.5, 0.6) is 0 Å². The van der Waals surface area contributed by atoms with Crippen molar-refractivity contribution in [3.05, 3.63) is 0 Å². The Bertz CT molecular complexity index is 280. The molecule has 5 heteroatoms. The molecule has 0 aromatic carbocycles. The van der Waals surface area contributed by atoms with Crippen molar-refractivity contribution >= 4 is 11.9 Å². The average Bonchev–Trinajstić information content (AvgIpc) is 2.75. The lowest BCUT2D eigenvalue weighted by Gasteiger charge is -2.16. The summed E-state index contributed by atoms with van der Waals surface area (Å²) in [4.78, 5) is 22.6. The number of nitrogens with one attached hydrogen (secondary N) is 1. The first-order valence-corrected chi connectivity index (χ1v) is 6.06. The largest absolute Gasteiger partial charge is 0.481 e. The molecule has 0 aliphatic heterocycles. The molecule has 1 amide bonds. The van der Waals surface area contributed by atoms with Gasteiger partial charge in [0.25, 0.3) is 0 Å². The van der Waals surface area contributed by atoms with Crippen LogP contribution in [0.15, 0.2) is 0 Å². The van der Waals surface area contributed by atoms with E-state index in [9.17, 15) is 9.59 Å². The van der Waals surface area contributed by atoms with Gasteiger partial charge in [-0.25, -0.2) is 0 Å². The molecule has 1 unspecified atom stereocenters. The maximum atomic E-state index is 11.8. The first-order chi connectivity index (χ1) is 8.04. The molecule has 1 saturated carbocycles. The molecule has 0 aromatic heterocycles. The third-order valence-corrected chi connectivity index (χ3v) is 3.30. The maximum absolute atomic E-state index is 11.8. The molecule has 0 spiro atoms. The quantitative estimate of drug-likeness (QED) is 0.730. The van der Waals surface area contributed by atoms with Crippen LogP contribution in [0.4, 0.5) is 0 Å². The predicted octanol–water partition coefficient (Wildman–Crippen LogP) is 1.03. The molecule has 3 atom stereocenters. The summed E-state index contributed by atoms with van der Waals surface area (Å²) < 4.78 is 4.94. The van der Waals surface area contributed by atoms with E-state index in [-0.39, 0.29) is 23.8 Å². The van der Waals surface area contributed by atoms with Gasteiger partial charge in [0.15, 0.2) is 0 Å². The van der Waals surface area contributed by atoms with E-state index in [2.05, 4.69) is 5.32 Å². The summed E-state index contributed by atoms with van der Waals surface area (Å²) in [6.45, 7) is 2.55. The lowest BCUT2D eigenvalue weighted by molar-refractivity contribution is -0.141. The molecule has 1 rings (SSSR count). The first kappa shape index (κ1) is 14.0. The monoisotopic (exact) mass is 243 g/mol. The summed E-state index contributed by atoms with van der Waals surface area (Å²) in [5.41, 5.74) is 0. The molecule has 0 aromatic rings. The lowest BCUT2D eigenvalue weighted by Crippen LogP contribution is -2.37. The van der Waals surface area contributed by atoms with E-state index in [0.29, 0.717) is 25.9 Å². The molecule has 1 aliphatic carbocycles. The van der Waals surface area contributed by atoms with Gasteiger partial charge < -0.3 is 15.2 Å². The number of methoxy groups -OCH3 is 1. The molecule has 0 radical (unpaired) electrons. The fourth-order valence-corrected chi connectivity index (χ4v) is 2.17. The van der Waals surface area contributed by atoms with Crippen molar-refractivity contribution in [2.45, 2.75) is 38.6 Å². The highest BCUT2D eigenvalue weighted by atomic mass is 16.5. The number of rotatable bonds is 6. The van der Waals surface area contributed by atoms with Crippen molar-refractivity contribution in [2.75, 3.05) is 13.7 Å². The Balaban J connectivity index is 2.31. The van der Waals surface area contributed by atoms with Gasteiger partial charge in [-0.15, -0.1) is 0 Å². The number of carbonyl (C=O) groups excluding carboxylic acids is 1. The highest BCUT2D eigenvalue weighted by molar-refractivity contribution is 5.81. The molecule has 0 bridgehead atoms. The van der Waals surface area contributed by atoms with Crippen molar-refractivity contribution in [3.8, 4) is 0 Å². The lowest BCUT2D eigenvalue weighted by atomic mass is 10.0. The Labute approximate surface area is 102 Å². The van der Waals surface area contributed by atoms with Gasteiger partial charge in [-0.2, -0.15) is 0 Å². The zero-order valence-electron chi connectivity index (χ0n) is 10.4. The van der Waals surface area contributed by atoms with Crippen molar-refractivity contribution in [1.82, 2.24) is 5.32 Å². The number of carboxylic acid groups (broad SMARTS) is 1. The zero-order chi connectivity index (χ0) is 12.8. The summed E-state index contributed by atoms with van der Waals surface area (Å²) in [6, 6.07) is 0.0753. The van der Waals surface area contributed by atoms with Crippen molar-refractivity contribution in [2.24, 2.45) is 11.8 Å². The Hall–Kier alpha value is -1.10. The van der Waals surface area contributed by atoms with Crippen LogP contribution in [0.25, 0.3) is 0 Å². The number of amides is 1. The number of carbonyl (C=O) groups is 2. The van der Waals surface area contributed by atoms with E-state index in [0.717, 1.165) is 6.42 Å². The van der Waals surface area contributed by atoms with Gasteiger partial charge >= 0.3 is 5.97 Å². The van der Waals surface area contributed by atoms with E-state index in [1.165, 1.54) is 0 Å². The van der Waals surface area contributed by atoms with Gasteiger partial charge in [0.2, 0.25) is 5.91 Å². The summed E-state index contributed by atoms with van der Waals surface area (Å²) in [6.07, 6.45) is 2.54. The fraction of sp³-hybridized carbons (Fsp3) is 0.833. The van der Waals surface area contributed by atoms with Gasteiger partial charge in [-0.1, -0.05) is 0 Å². The predicted molar refractivity (Wildman–Crippen MR) is 62.6 cm³/mol. The highest BCUT2D eigenvalue weighted by Crippen LogP contribution is 2.31. The maximum Gasteiger partial charge on any atom is 0.306 e. The molecule has 0 heterocycles. The van der Waals surface area contributed by atoms with Gasteiger partial charge in [-0.3, -0.25) is 9.59 Å². The van der Waals surface area contributed by atoms with Crippen LogP contribution in [-0.4, -0.2) is 36.7 Å². The molecular formula is C12H21NO4. The second-order valence-corrected chi connectivity index (χ2v) is 4.74. The number of aliphatic carboxylic acids is 1. The van der Waals surface area contributed by atoms with Crippen LogP contribution in [0.1, 0.15) is 32.6 Å². The number of ether oxygens (including phenoxy) is 1. The number of hydrogen-bond acceptors (Lipinski definition) is 3. The van der Waals surface area contributed by atoms with E-state index >= 15 is 0 Å². The van der Waals surface area contributed by atoms with Crippen LogP contribution in [0.2, 0.25) is 0 Å². The first-order valence-electron chi connectivity index (χ1n) is 6.06. The molecule has 17 heavy (non-hydrogen) atoms. The van der Waals surface area contributed by atoms with Gasteiger partial charge in [0.05, 0.1) is 5.92 Å². The van der Waals surface area contributed by atoms with E-state index in [1.807, 2.05) is 6.92 Å². The van der Waals surface area contributed by atoms with Crippen molar-refractivity contribution < 1.29 is 19.4 Å². The minimum Gasteiger partial charge on any atom is -0.481 e. The second-order valence-electron chi connectivity index (χ2n) is 4.74. The van der Waals surface area contributed by atoms with Crippen LogP contribution < -0.4 is 5.32 Å². The molecule has 98 valence electrons. The average molecular weight is 243 g/mol. The minimum absolute atomic E-state index is 0.0163. The van der Waals surface area contributed by atoms with E-state index in [4.69, 9.17) is 9.84 Å². The smallest absolute Gasteiger partial charge is 0.306 e. The summed E-state index contributed by atoms with van der Waals surface area (Å²) in [5.74, 6) is -1.29. The minimum atomic E-state index is -0.785. The standard InChI is InChI=1S/C12H21NO4/c1-8(5-6-17-2)13-11(14)9-3-4-10(7-9)12(15)16/h8-10H,3-7H2,1-2H3,(H,13,14)(H,15,16)/t8?,9-,10+/m1/s1. The summed E-state index contributed by atoms with van der Waals surface area (Å²) in [5, 5.41) is 11.8. The van der Waals surface area contributed by atoms with E-state index in [1.54, 1.807) is 7.11 Å². The molecule has 5 nitrogen and oxygen atoms in total. The van der Waals surface area contributed by atoms with Crippen LogP contribution >= 0.6 is 0 Å².